The molecule has 1 atom stereocenters. The van der Waals surface area contributed by atoms with Crippen LogP contribution in [0.15, 0.2) is 48.5 Å². The smallest absolute Gasteiger partial charge is 0.123 e. The summed E-state index contributed by atoms with van der Waals surface area (Å²) < 4.78 is 17.9. The molecule has 0 saturated carbocycles. The third kappa shape index (κ3) is 3.80. The number of hydrogen-bond donors (Lipinski definition) is 1. The van der Waals surface area contributed by atoms with Crippen LogP contribution in [0.5, 0.6) is 5.75 Å². The highest BCUT2D eigenvalue weighted by Crippen LogP contribution is 2.20. The lowest BCUT2D eigenvalue weighted by Gasteiger charge is -2.12. The molecule has 2 nitrogen and oxygen atoms in total. The van der Waals surface area contributed by atoms with Gasteiger partial charge in [0.15, 0.2) is 0 Å². The Hall–Kier alpha value is -1.87. The molecule has 0 bridgehead atoms. The van der Waals surface area contributed by atoms with E-state index in [1.165, 1.54) is 12.1 Å². The fraction of sp³-hybridized carbons (Fsp3) is 0.250. The van der Waals surface area contributed by atoms with Gasteiger partial charge in [0.1, 0.15) is 11.6 Å². The van der Waals surface area contributed by atoms with Crippen molar-refractivity contribution in [1.82, 2.24) is 0 Å². The number of methoxy groups -OCH3 is 1. The van der Waals surface area contributed by atoms with Crippen molar-refractivity contribution < 1.29 is 9.13 Å². The van der Waals surface area contributed by atoms with Gasteiger partial charge in [-0.05, 0) is 48.2 Å². The molecule has 0 radical (unpaired) electrons. The van der Waals surface area contributed by atoms with Gasteiger partial charge in [0, 0.05) is 6.04 Å². The largest absolute Gasteiger partial charge is 0.497 e. The molecule has 0 heterocycles. The number of nitrogens with two attached hydrogens (primary N) is 1. The normalized spacial score (nSPS) is 12.2. The van der Waals surface area contributed by atoms with E-state index in [0.29, 0.717) is 0 Å². The molecule has 2 rings (SSSR count). The Morgan fingerprint density at radius 2 is 1.68 bits per heavy atom. The van der Waals surface area contributed by atoms with E-state index >= 15 is 0 Å². The Balaban J connectivity index is 1.93. The van der Waals surface area contributed by atoms with Crippen molar-refractivity contribution >= 4 is 0 Å². The highest BCUT2D eigenvalue weighted by atomic mass is 19.1. The van der Waals surface area contributed by atoms with E-state index in [0.717, 1.165) is 29.7 Å². The van der Waals surface area contributed by atoms with E-state index < -0.39 is 0 Å². The number of hydrogen-bond acceptors (Lipinski definition) is 2. The molecule has 100 valence electrons. The van der Waals surface area contributed by atoms with Gasteiger partial charge in [0.25, 0.3) is 0 Å². The highest BCUT2D eigenvalue weighted by Gasteiger charge is 2.06. The molecular weight excluding hydrogens is 241 g/mol. The molecule has 2 aromatic carbocycles. The third-order valence-electron chi connectivity index (χ3n) is 3.20. The average molecular weight is 259 g/mol. The Morgan fingerprint density at radius 3 is 2.26 bits per heavy atom. The van der Waals surface area contributed by atoms with Gasteiger partial charge in [0.2, 0.25) is 0 Å². The van der Waals surface area contributed by atoms with Crippen LogP contribution in [0, 0.1) is 5.82 Å². The monoisotopic (exact) mass is 259 g/mol. The molecule has 0 fully saturated rings. The van der Waals surface area contributed by atoms with Gasteiger partial charge in [-0.2, -0.15) is 0 Å². The van der Waals surface area contributed by atoms with Crippen LogP contribution in [0.2, 0.25) is 0 Å². The van der Waals surface area contributed by atoms with Crippen molar-refractivity contribution in [2.75, 3.05) is 7.11 Å². The number of aryl methyl sites for hydroxylation is 1. The number of ether oxygens (including phenoxy) is 1. The van der Waals surface area contributed by atoms with Crippen molar-refractivity contribution in [2.45, 2.75) is 18.9 Å². The van der Waals surface area contributed by atoms with E-state index in [-0.39, 0.29) is 11.9 Å². The maximum atomic E-state index is 12.8. The molecule has 0 aliphatic rings. The summed E-state index contributed by atoms with van der Waals surface area (Å²) >= 11 is 0. The fourth-order valence-electron chi connectivity index (χ4n) is 1.99. The zero-order chi connectivity index (χ0) is 13.7. The van der Waals surface area contributed by atoms with Crippen LogP contribution >= 0.6 is 0 Å². The van der Waals surface area contributed by atoms with Crippen molar-refractivity contribution in [3.8, 4) is 5.75 Å². The number of rotatable bonds is 5. The summed E-state index contributed by atoms with van der Waals surface area (Å²) in [6.45, 7) is 0. The van der Waals surface area contributed by atoms with E-state index in [4.69, 9.17) is 10.5 Å². The van der Waals surface area contributed by atoms with Crippen molar-refractivity contribution in [2.24, 2.45) is 5.73 Å². The zero-order valence-electron chi connectivity index (χ0n) is 11.0. The van der Waals surface area contributed by atoms with E-state index in [1.807, 2.05) is 24.3 Å². The lowest BCUT2D eigenvalue weighted by Crippen LogP contribution is -2.11. The predicted molar refractivity (Wildman–Crippen MR) is 74.6 cm³/mol. The summed E-state index contributed by atoms with van der Waals surface area (Å²) in [5, 5.41) is 0. The molecule has 1 unspecified atom stereocenters. The lowest BCUT2D eigenvalue weighted by molar-refractivity contribution is 0.414. The quantitative estimate of drug-likeness (QED) is 0.892. The molecule has 0 amide bonds. The summed E-state index contributed by atoms with van der Waals surface area (Å²) in [6.07, 6.45) is 1.67. The van der Waals surface area contributed by atoms with Gasteiger partial charge in [-0.3, -0.25) is 0 Å². The van der Waals surface area contributed by atoms with Crippen LogP contribution in [0.25, 0.3) is 0 Å². The molecule has 3 heteroatoms. The van der Waals surface area contributed by atoms with Gasteiger partial charge in [0.05, 0.1) is 7.11 Å². The van der Waals surface area contributed by atoms with Crippen LogP contribution in [0.1, 0.15) is 23.6 Å². The minimum absolute atomic E-state index is 0.0176. The first kappa shape index (κ1) is 13.6. The second kappa shape index (κ2) is 6.34. The van der Waals surface area contributed by atoms with Gasteiger partial charge in [-0.15, -0.1) is 0 Å². The Morgan fingerprint density at radius 1 is 1.05 bits per heavy atom. The molecule has 0 aliphatic heterocycles. The summed E-state index contributed by atoms with van der Waals surface area (Å²) in [5.41, 5.74) is 8.34. The maximum Gasteiger partial charge on any atom is 0.123 e. The standard InChI is InChI=1S/C16H18FNO/c1-19-15-9-5-13(6-10-15)16(18)11-4-12-2-7-14(17)8-3-12/h2-3,5-10,16H,4,11,18H2,1H3. The Kier molecular flexibility index (Phi) is 4.53. The molecule has 2 aromatic rings. The topological polar surface area (TPSA) is 35.2 Å². The summed E-state index contributed by atoms with van der Waals surface area (Å²) in [5.74, 6) is 0.623. The SMILES string of the molecule is COc1ccc(C(N)CCc2ccc(F)cc2)cc1. The first-order valence-electron chi connectivity index (χ1n) is 6.33. The maximum absolute atomic E-state index is 12.8. The van der Waals surface area contributed by atoms with E-state index in [9.17, 15) is 4.39 Å². The molecule has 0 aromatic heterocycles. The van der Waals surface area contributed by atoms with Gasteiger partial charge >= 0.3 is 0 Å². The van der Waals surface area contributed by atoms with Crippen molar-refractivity contribution in [3.05, 3.63) is 65.5 Å². The molecule has 0 aliphatic carbocycles. The number of halogens is 1. The average Bonchev–Trinajstić information content (AvgIpc) is 2.46. The first-order chi connectivity index (χ1) is 9.19. The van der Waals surface area contributed by atoms with E-state index in [1.54, 1.807) is 19.2 Å². The van der Waals surface area contributed by atoms with Gasteiger partial charge < -0.3 is 10.5 Å². The zero-order valence-corrected chi connectivity index (χ0v) is 11.0. The van der Waals surface area contributed by atoms with E-state index in [2.05, 4.69) is 0 Å². The highest BCUT2D eigenvalue weighted by molar-refractivity contribution is 5.29. The molecule has 19 heavy (non-hydrogen) atoms. The molecular formula is C16H18FNO. The lowest BCUT2D eigenvalue weighted by atomic mass is 10.00. The van der Waals surface area contributed by atoms with Crippen LogP contribution < -0.4 is 10.5 Å². The van der Waals surface area contributed by atoms with Crippen LogP contribution in [0.4, 0.5) is 4.39 Å². The summed E-state index contributed by atoms with van der Waals surface area (Å²) in [7, 11) is 1.64. The summed E-state index contributed by atoms with van der Waals surface area (Å²) in [4.78, 5) is 0. The van der Waals surface area contributed by atoms with Crippen LogP contribution in [-0.2, 0) is 6.42 Å². The minimum Gasteiger partial charge on any atom is -0.497 e. The second-order valence-corrected chi connectivity index (χ2v) is 4.54. The van der Waals surface area contributed by atoms with Crippen molar-refractivity contribution in [1.29, 1.82) is 0 Å². The van der Waals surface area contributed by atoms with Crippen LogP contribution in [0.3, 0.4) is 0 Å². The predicted octanol–water partition coefficient (Wildman–Crippen LogP) is 3.47. The summed E-state index contributed by atoms with van der Waals surface area (Å²) in [6, 6.07) is 14.3. The van der Waals surface area contributed by atoms with Crippen molar-refractivity contribution in [3.63, 3.8) is 0 Å². The number of benzene rings is 2. The third-order valence-corrected chi connectivity index (χ3v) is 3.20. The second-order valence-electron chi connectivity index (χ2n) is 4.54. The first-order valence-corrected chi connectivity index (χ1v) is 6.33. The minimum atomic E-state index is -0.205. The Bertz CT molecular complexity index is 507. The molecule has 0 saturated heterocycles. The molecule has 2 N–H and O–H groups in total. The molecule has 0 spiro atoms. The Labute approximate surface area is 113 Å². The van der Waals surface area contributed by atoms with Gasteiger partial charge in [-0.25, -0.2) is 4.39 Å². The fourth-order valence-corrected chi connectivity index (χ4v) is 1.99. The van der Waals surface area contributed by atoms with Crippen LogP contribution in [-0.4, -0.2) is 7.11 Å². The van der Waals surface area contributed by atoms with Gasteiger partial charge in [-0.1, -0.05) is 24.3 Å².